The molecule has 1 aliphatic heterocycles. The lowest BCUT2D eigenvalue weighted by Crippen LogP contribution is -2.30. The van der Waals surface area contributed by atoms with E-state index >= 15 is 0 Å². The van der Waals surface area contributed by atoms with Crippen LogP contribution in [0.3, 0.4) is 0 Å². The minimum Gasteiger partial charge on any atom is -0.383 e. The van der Waals surface area contributed by atoms with Gasteiger partial charge in [0.2, 0.25) is 5.91 Å². The molecule has 8 nitrogen and oxygen atoms in total. The molecule has 1 saturated heterocycles. The highest BCUT2D eigenvalue weighted by atomic mass is 32.1. The van der Waals surface area contributed by atoms with Crippen LogP contribution in [0.25, 0.3) is 0 Å². The second-order valence-electron chi connectivity index (χ2n) is 7.64. The normalized spacial score (nSPS) is 17.8. The summed E-state index contributed by atoms with van der Waals surface area (Å²) in [6.07, 6.45) is 3.85. The number of carbonyl (C=O) groups excluding carboxylic acids is 1. The summed E-state index contributed by atoms with van der Waals surface area (Å²) in [7, 11) is 3.19. The lowest BCUT2D eigenvalue weighted by atomic mass is 10.0. The first-order valence-corrected chi connectivity index (χ1v) is 11.1. The maximum Gasteiger partial charge on any atom is 0.250 e. The van der Waals surface area contributed by atoms with Gasteiger partial charge in [-0.1, -0.05) is 6.07 Å². The number of hydrogen-bond donors (Lipinski definition) is 2. The molecule has 1 aromatic carbocycles. The Kier molecular flexibility index (Phi) is 7.33. The fourth-order valence-corrected chi connectivity index (χ4v) is 4.40. The van der Waals surface area contributed by atoms with Gasteiger partial charge in [-0.15, -0.1) is 0 Å². The van der Waals surface area contributed by atoms with Crippen LogP contribution in [0.2, 0.25) is 0 Å². The molecule has 9 heteroatoms. The number of anilines is 2. The standard InChI is InChI=1S/C24H27N5O3S/c1-31-15-14-28-13-5-7-20(28)23-22(19-6-3-4-12-25-19)27-24(33)29(23)18-10-8-17(9-11-18)26-21(30)16-32-2/h3-13,22-23H,14-16H2,1-2H3,(H,26,30)(H,27,33)/t22-,23+/m1/s1. The first kappa shape index (κ1) is 22.9. The number of pyridine rings is 1. The molecule has 0 saturated carbocycles. The van der Waals surface area contributed by atoms with Crippen molar-refractivity contribution in [2.45, 2.75) is 18.6 Å². The molecule has 172 valence electrons. The minimum atomic E-state index is -0.201. The number of thiocarbonyl (C=S) groups is 1. The lowest BCUT2D eigenvalue weighted by Gasteiger charge is -2.29. The number of amides is 1. The van der Waals surface area contributed by atoms with Gasteiger partial charge in [-0.25, -0.2) is 0 Å². The predicted molar refractivity (Wildman–Crippen MR) is 131 cm³/mol. The topological polar surface area (TPSA) is 80.7 Å². The lowest BCUT2D eigenvalue weighted by molar-refractivity contribution is -0.119. The summed E-state index contributed by atoms with van der Waals surface area (Å²) < 4.78 is 12.4. The molecule has 2 atom stereocenters. The second kappa shape index (κ2) is 10.6. The van der Waals surface area contributed by atoms with Crippen molar-refractivity contribution in [2.24, 2.45) is 0 Å². The van der Waals surface area contributed by atoms with Crippen molar-refractivity contribution in [2.75, 3.05) is 37.7 Å². The molecular formula is C24H27N5O3S. The number of methoxy groups -OCH3 is 2. The van der Waals surface area contributed by atoms with Crippen LogP contribution >= 0.6 is 12.2 Å². The van der Waals surface area contributed by atoms with Crippen LogP contribution in [-0.4, -0.2) is 48.0 Å². The zero-order valence-electron chi connectivity index (χ0n) is 18.6. The maximum atomic E-state index is 11.8. The van der Waals surface area contributed by atoms with E-state index in [2.05, 4.69) is 37.3 Å². The third-order valence-corrected chi connectivity index (χ3v) is 5.82. The number of rotatable bonds is 9. The average molecular weight is 466 g/mol. The Hall–Kier alpha value is -3.27. The Morgan fingerprint density at radius 3 is 2.64 bits per heavy atom. The maximum absolute atomic E-state index is 11.8. The van der Waals surface area contributed by atoms with Crippen LogP contribution in [0, 0.1) is 0 Å². The van der Waals surface area contributed by atoms with Gasteiger partial charge in [0.05, 0.1) is 18.3 Å². The van der Waals surface area contributed by atoms with Crippen molar-refractivity contribution in [1.82, 2.24) is 14.9 Å². The molecule has 1 aliphatic rings. The smallest absolute Gasteiger partial charge is 0.250 e. The number of nitrogens with one attached hydrogen (secondary N) is 2. The highest BCUT2D eigenvalue weighted by Crippen LogP contribution is 2.41. The van der Waals surface area contributed by atoms with Crippen molar-refractivity contribution in [3.8, 4) is 0 Å². The number of benzene rings is 1. The van der Waals surface area contributed by atoms with Crippen molar-refractivity contribution in [3.63, 3.8) is 0 Å². The summed E-state index contributed by atoms with van der Waals surface area (Å²) in [6, 6.07) is 17.4. The summed E-state index contributed by atoms with van der Waals surface area (Å²) in [5, 5.41) is 6.90. The van der Waals surface area contributed by atoms with E-state index in [0.29, 0.717) is 17.4 Å². The molecule has 0 aliphatic carbocycles. The van der Waals surface area contributed by atoms with Crippen LogP contribution in [0.5, 0.6) is 0 Å². The monoisotopic (exact) mass is 465 g/mol. The fourth-order valence-electron chi connectivity index (χ4n) is 4.06. The largest absolute Gasteiger partial charge is 0.383 e. The van der Waals surface area contributed by atoms with Crippen LogP contribution in [0.1, 0.15) is 23.5 Å². The highest BCUT2D eigenvalue weighted by Gasteiger charge is 2.41. The molecule has 2 aromatic heterocycles. The van der Waals surface area contributed by atoms with Crippen LogP contribution in [0.15, 0.2) is 67.0 Å². The van der Waals surface area contributed by atoms with Crippen molar-refractivity contribution >= 4 is 34.6 Å². The zero-order chi connectivity index (χ0) is 23.2. The number of aromatic nitrogens is 2. The Morgan fingerprint density at radius 2 is 1.94 bits per heavy atom. The van der Waals surface area contributed by atoms with Gasteiger partial charge in [0.15, 0.2) is 5.11 Å². The van der Waals surface area contributed by atoms with E-state index < -0.39 is 0 Å². The van der Waals surface area contributed by atoms with E-state index in [4.69, 9.17) is 21.7 Å². The zero-order valence-corrected chi connectivity index (χ0v) is 19.4. The summed E-state index contributed by atoms with van der Waals surface area (Å²) in [4.78, 5) is 18.5. The summed E-state index contributed by atoms with van der Waals surface area (Å²) in [5.74, 6) is -0.201. The molecule has 0 bridgehead atoms. The number of hydrogen-bond acceptors (Lipinski definition) is 5. The Morgan fingerprint density at radius 1 is 1.12 bits per heavy atom. The Balaban J connectivity index is 1.69. The van der Waals surface area contributed by atoms with Gasteiger partial charge in [-0.3, -0.25) is 9.78 Å². The highest BCUT2D eigenvalue weighted by molar-refractivity contribution is 7.80. The molecule has 3 aromatic rings. The van der Waals surface area contributed by atoms with Crippen LogP contribution in [0.4, 0.5) is 11.4 Å². The Labute approximate surface area is 198 Å². The van der Waals surface area contributed by atoms with Crippen molar-refractivity contribution in [1.29, 1.82) is 0 Å². The van der Waals surface area contributed by atoms with Gasteiger partial charge in [-0.05, 0) is 60.7 Å². The van der Waals surface area contributed by atoms with Gasteiger partial charge in [0.25, 0.3) is 0 Å². The van der Waals surface area contributed by atoms with E-state index in [1.165, 1.54) is 7.11 Å². The average Bonchev–Trinajstić information content (AvgIpc) is 3.42. The molecule has 0 radical (unpaired) electrons. The molecule has 33 heavy (non-hydrogen) atoms. The van der Waals surface area contributed by atoms with E-state index in [9.17, 15) is 4.79 Å². The summed E-state index contributed by atoms with van der Waals surface area (Å²) in [5.41, 5.74) is 3.63. The van der Waals surface area contributed by atoms with Gasteiger partial charge >= 0.3 is 0 Å². The van der Waals surface area contributed by atoms with Gasteiger partial charge in [0.1, 0.15) is 12.6 Å². The predicted octanol–water partition coefficient (Wildman–Crippen LogP) is 3.29. The van der Waals surface area contributed by atoms with E-state index in [-0.39, 0.29) is 24.6 Å². The number of nitrogens with zero attached hydrogens (tertiary/aromatic N) is 3. The molecular weight excluding hydrogens is 438 g/mol. The molecule has 1 amide bonds. The van der Waals surface area contributed by atoms with Gasteiger partial charge in [-0.2, -0.15) is 0 Å². The molecule has 0 spiro atoms. The third-order valence-electron chi connectivity index (χ3n) is 5.51. The minimum absolute atomic E-state index is 0.00811. The van der Waals surface area contributed by atoms with Gasteiger partial charge < -0.3 is 29.6 Å². The first-order chi connectivity index (χ1) is 16.1. The van der Waals surface area contributed by atoms with Crippen molar-refractivity contribution < 1.29 is 14.3 Å². The molecule has 0 unspecified atom stereocenters. The van der Waals surface area contributed by atoms with Crippen molar-refractivity contribution in [3.05, 3.63) is 78.4 Å². The summed E-state index contributed by atoms with van der Waals surface area (Å²) in [6.45, 7) is 1.35. The summed E-state index contributed by atoms with van der Waals surface area (Å²) >= 11 is 5.79. The van der Waals surface area contributed by atoms with Crippen LogP contribution in [-0.2, 0) is 20.8 Å². The van der Waals surface area contributed by atoms with Crippen LogP contribution < -0.4 is 15.5 Å². The molecule has 4 rings (SSSR count). The third kappa shape index (κ3) is 5.05. The SMILES string of the molecule is COCCn1cccc1[C@H]1[C@@H](c2ccccn2)NC(=S)N1c1ccc(NC(=O)COC)cc1. The number of carbonyl (C=O) groups is 1. The Bertz CT molecular complexity index is 1090. The number of ether oxygens (including phenoxy) is 2. The second-order valence-corrected chi connectivity index (χ2v) is 8.03. The van der Waals surface area contributed by atoms with Gasteiger partial charge in [0, 0.05) is 50.2 Å². The van der Waals surface area contributed by atoms with E-state index in [1.807, 2.05) is 48.5 Å². The quantitative estimate of drug-likeness (QED) is 0.470. The molecule has 1 fully saturated rings. The molecule has 3 heterocycles. The first-order valence-electron chi connectivity index (χ1n) is 10.7. The van der Waals surface area contributed by atoms with E-state index in [1.54, 1.807) is 13.3 Å². The molecule has 2 N–H and O–H groups in total. The van der Waals surface area contributed by atoms with E-state index in [0.717, 1.165) is 23.6 Å². The fraction of sp³-hybridized carbons (Fsp3) is 0.292.